The Morgan fingerprint density at radius 1 is 1.37 bits per heavy atom. The van der Waals surface area contributed by atoms with Crippen LogP contribution in [0.5, 0.6) is 5.75 Å². The van der Waals surface area contributed by atoms with Gasteiger partial charge in [0.1, 0.15) is 11.8 Å². The van der Waals surface area contributed by atoms with Gasteiger partial charge in [-0.1, -0.05) is 11.3 Å². The second-order valence-corrected chi connectivity index (χ2v) is 5.54. The van der Waals surface area contributed by atoms with Crippen molar-refractivity contribution in [2.45, 2.75) is 32.4 Å². The first-order chi connectivity index (χ1) is 12.8. The molecule has 10 heteroatoms. The summed E-state index contributed by atoms with van der Waals surface area (Å²) < 4.78 is 30.0. The van der Waals surface area contributed by atoms with Gasteiger partial charge in [0, 0.05) is 0 Å². The Morgan fingerprint density at radius 3 is 2.59 bits per heavy atom. The number of carboxylic acids is 1. The predicted octanol–water partition coefficient (Wildman–Crippen LogP) is 2.33. The Kier molecular flexibility index (Phi) is 6.58. The highest BCUT2D eigenvalue weighted by atomic mass is 19.3. The predicted molar refractivity (Wildman–Crippen MR) is 91.0 cm³/mol. The highest BCUT2D eigenvalue weighted by Crippen LogP contribution is 2.18. The summed E-state index contributed by atoms with van der Waals surface area (Å²) in [7, 11) is 0. The number of alkyl halides is 2. The number of hydrogen-bond donors (Lipinski definition) is 2. The number of nitrogens with zero attached hydrogens (tertiary/aromatic N) is 3. The van der Waals surface area contributed by atoms with Crippen molar-refractivity contribution in [3.8, 4) is 11.4 Å². The number of amides is 1. The molecule has 1 amide bonds. The fourth-order valence-corrected chi connectivity index (χ4v) is 2.32. The molecule has 2 rings (SSSR count). The highest BCUT2D eigenvalue weighted by Gasteiger charge is 2.24. The molecule has 0 radical (unpaired) electrons. The van der Waals surface area contributed by atoms with Crippen LogP contribution < -0.4 is 10.1 Å². The molecule has 1 unspecified atom stereocenters. The molecule has 1 aromatic heterocycles. The topological polar surface area (TPSA) is 106 Å². The van der Waals surface area contributed by atoms with Gasteiger partial charge in [-0.15, -0.1) is 11.7 Å². The molecule has 0 fully saturated rings. The van der Waals surface area contributed by atoms with E-state index in [4.69, 9.17) is 0 Å². The molecule has 0 bridgehead atoms. The van der Waals surface area contributed by atoms with Crippen molar-refractivity contribution in [1.82, 2.24) is 20.3 Å². The minimum atomic E-state index is -2.93. The van der Waals surface area contributed by atoms with Crippen molar-refractivity contribution < 1.29 is 28.2 Å². The zero-order valence-corrected chi connectivity index (χ0v) is 14.4. The summed E-state index contributed by atoms with van der Waals surface area (Å²) in [6.07, 6.45) is 2.18. The lowest BCUT2D eigenvalue weighted by Gasteiger charge is -2.12. The smallest absolute Gasteiger partial charge is 0.387 e. The molecule has 0 aliphatic heterocycles. The van der Waals surface area contributed by atoms with Gasteiger partial charge in [-0.25, -0.2) is 9.48 Å². The van der Waals surface area contributed by atoms with Gasteiger partial charge in [0.2, 0.25) is 0 Å². The molecule has 0 saturated carbocycles. The standard InChI is InChI=1S/C17H18F2N4O4/c1-3-4-5-13(16(25)26)20-15(24)14-10(2)23(22-21-14)11-6-8-12(9-7-11)27-17(18)19/h3,6-9,13,17H,1,4-5H2,2H3,(H,20,24)(H,25,26). The van der Waals surface area contributed by atoms with Crippen LogP contribution in [0, 0.1) is 6.92 Å². The van der Waals surface area contributed by atoms with Crippen LogP contribution in [0.15, 0.2) is 36.9 Å². The summed E-state index contributed by atoms with van der Waals surface area (Å²) in [4.78, 5) is 23.6. The van der Waals surface area contributed by atoms with Gasteiger partial charge in [0.15, 0.2) is 5.69 Å². The Morgan fingerprint density at radius 2 is 2.04 bits per heavy atom. The second-order valence-electron chi connectivity index (χ2n) is 5.54. The van der Waals surface area contributed by atoms with E-state index in [9.17, 15) is 23.5 Å². The number of aliphatic carboxylic acids is 1. The molecule has 2 aromatic rings. The molecule has 1 atom stereocenters. The summed E-state index contributed by atoms with van der Waals surface area (Å²) in [5.41, 5.74) is 0.803. The fraction of sp³-hybridized carbons (Fsp3) is 0.294. The highest BCUT2D eigenvalue weighted by molar-refractivity contribution is 5.95. The number of halogens is 2. The molecule has 1 aromatic carbocycles. The maximum Gasteiger partial charge on any atom is 0.387 e. The van der Waals surface area contributed by atoms with Gasteiger partial charge < -0.3 is 15.2 Å². The third-order valence-electron chi connectivity index (χ3n) is 3.68. The van der Waals surface area contributed by atoms with Crippen LogP contribution in [-0.4, -0.2) is 44.6 Å². The maximum absolute atomic E-state index is 12.3. The quantitative estimate of drug-likeness (QED) is 0.647. The van der Waals surface area contributed by atoms with Crippen molar-refractivity contribution in [2.24, 2.45) is 0 Å². The van der Waals surface area contributed by atoms with Gasteiger partial charge >= 0.3 is 12.6 Å². The van der Waals surface area contributed by atoms with Crippen LogP contribution >= 0.6 is 0 Å². The normalized spacial score (nSPS) is 11.9. The van der Waals surface area contributed by atoms with E-state index in [0.29, 0.717) is 17.8 Å². The molecule has 144 valence electrons. The average Bonchev–Trinajstić information content (AvgIpc) is 3.00. The summed E-state index contributed by atoms with van der Waals surface area (Å²) in [6.45, 7) is 2.17. The van der Waals surface area contributed by atoms with Gasteiger partial charge in [-0.2, -0.15) is 8.78 Å². The molecular weight excluding hydrogens is 362 g/mol. The summed E-state index contributed by atoms with van der Waals surface area (Å²) >= 11 is 0. The van der Waals surface area contributed by atoms with Crippen LogP contribution in [-0.2, 0) is 4.79 Å². The van der Waals surface area contributed by atoms with E-state index in [1.165, 1.54) is 28.9 Å². The fourth-order valence-electron chi connectivity index (χ4n) is 2.32. The number of carbonyl (C=O) groups excluding carboxylic acids is 1. The van der Waals surface area contributed by atoms with E-state index < -0.39 is 24.5 Å². The number of carboxylic acid groups (broad SMARTS) is 1. The zero-order chi connectivity index (χ0) is 20.0. The van der Waals surface area contributed by atoms with Crippen LogP contribution in [0.3, 0.4) is 0 Å². The van der Waals surface area contributed by atoms with Crippen LogP contribution in [0.25, 0.3) is 5.69 Å². The van der Waals surface area contributed by atoms with E-state index >= 15 is 0 Å². The number of rotatable bonds is 9. The number of aromatic nitrogens is 3. The van der Waals surface area contributed by atoms with E-state index in [-0.39, 0.29) is 17.9 Å². The number of nitrogens with one attached hydrogen (secondary N) is 1. The first-order valence-corrected chi connectivity index (χ1v) is 7.95. The largest absolute Gasteiger partial charge is 0.480 e. The van der Waals surface area contributed by atoms with E-state index in [0.717, 1.165) is 0 Å². The van der Waals surface area contributed by atoms with Crippen LogP contribution in [0.4, 0.5) is 8.78 Å². The van der Waals surface area contributed by atoms with Gasteiger partial charge in [-0.05, 0) is 44.0 Å². The Bertz CT molecular complexity index is 821. The Hall–Kier alpha value is -3.30. The lowest BCUT2D eigenvalue weighted by molar-refractivity contribution is -0.139. The molecule has 0 aliphatic rings. The SMILES string of the molecule is C=CCCC(NC(=O)c1nnn(-c2ccc(OC(F)F)cc2)c1C)C(=O)O. The number of allylic oxidation sites excluding steroid dienone is 1. The minimum absolute atomic E-state index is 0.0176. The van der Waals surface area contributed by atoms with Crippen molar-refractivity contribution >= 4 is 11.9 Å². The molecule has 0 spiro atoms. The lowest BCUT2D eigenvalue weighted by atomic mass is 10.1. The molecule has 0 saturated heterocycles. The number of ether oxygens (including phenoxy) is 1. The average molecular weight is 380 g/mol. The van der Waals surface area contributed by atoms with Crippen LogP contribution in [0.2, 0.25) is 0 Å². The summed E-state index contributed by atoms with van der Waals surface area (Å²) in [5, 5.41) is 19.2. The molecule has 27 heavy (non-hydrogen) atoms. The lowest BCUT2D eigenvalue weighted by Crippen LogP contribution is -2.41. The first kappa shape index (κ1) is 20.0. The van der Waals surface area contributed by atoms with E-state index in [2.05, 4.69) is 26.9 Å². The summed E-state index contributed by atoms with van der Waals surface area (Å²) in [6, 6.07) is 4.54. The minimum Gasteiger partial charge on any atom is -0.480 e. The monoisotopic (exact) mass is 380 g/mol. The Balaban J connectivity index is 2.17. The summed E-state index contributed by atoms with van der Waals surface area (Å²) in [5.74, 6) is -1.85. The molecule has 0 aliphatic carbocycles. The molecule has 2 N–H and O–H groups in total. The van der Waals surface area contributed by atoms with Crippen molar-refractivity contribution in [2.75, 3.05) is 0 Å². The molecule has 8 nitrogen and oxygen atoms in total. The third-order valence-corrected chi connectivity index (χ3v) is 3.68. The number of hydrogen-bond acceptors (Lipinski definition) is 5. The van der Waals surface area contributed by atoms with Crippen molar-refractivity contribution in [3.63, 3.8) is 0 Å². The van der Waals surface area contributed by atoms with E-state index in [1.54, 1.807) is 13.0 Å². The zero-order valence-electron chi connectivity index (χ0n) is 14.4. The third kappa shape index (κ3) is 5.09. The number of carbonyl (C=O) groups is 2. The molecular formula is C17H18F2N4O4. The maximum atomic E-state index is 12.3. The van der Waals surface area contributed by atoms with Crippen molar-refractivity contribution in [3.05, 3.63) is 48.3 Å². The molecule has 1 heterocycles. The Labute approximate surface area is 153 Å². The van der Waals surface area contributed by atoms with E-state index in [1.807, 2.05) is 0 Å². The second kappa shape index (κ2) is 8.88. The van der Waals surface area contributed by atoms with Gasteiger partial charge in [0.05, 0.1) is 11.4 Å². The first-order valence-electron chi connectivity index (χ1n) is 7.95. The van der Waals surface area contributed by atoms with Gasteiger partial charge in [-0.3, -0.25) is 4.79 Å². The van der Waals surface area contributed by atoms with Crippen LogP contribution in [0.1, 0.15) is 29.0 Å². The van der Waals surface area contributed by atoms with Crippen molar-refractivity contribution in [1.29, 1.82) is 0 Å². The number of benzene rings is 1. The van der Waals surface area contributed by atoms with Gasteiger partial charge in [0.25, 0.3) is 5.91 Å².